The summed E-state index contributed by atoms with van der Waals surface area (Å²) in [5.74, 6) is 0. The molecule has 2 aromatic heterocycles. The highest BCUT2D eigenvalue weighted by atomic mass is 35.5. The first-order chi connectivity index (χ1) is 10.2. The van der Waals surface area contributed by atoms with E-state index in [0.717, 1.165) is 36.9 Å². The first kappa shape index (κ1) is 14.7. The van der Waals surface area contributed by atoms with Crippen LogP contribution in [0.1, 0.15) is 19.0 Å². The number of aromatic nitrogens is 4. The third-order valence-corrected chi connectivity index (χ3v) is 4.13. The van der Waals surface area contributed by atoms with E-state index in [0.29, 0.717) is 26.8 Å². The van der Waals surface area contributed by atoms with Gasteiger partial charge in [-0.25, -0.2) is 4.68 Å². The molecule has 0 atom stereocenters. The quantitative estimate of drug-likeness (QED) is 0.719. The average molecular weight is 342 g/mol. The van der Waals surface area contributed by atoms with Crippen molar-refractivity contribution in [3.8, 4) is 5.69 Å². The number of benzene rings is 1. The molecule has 0 amide bonds. The highest BCUT2D eigenvalue weighted by molar-refractivity contribution is 7.00. The molecule has 8 heteroatoms. The third-order valence-electron chi connectivity index (χ3n) is 3.03. The maximum absolute atomic E-state index is 6.31. The Morgan fingerprint density at radius 3 is 2.86 bits per heavy atom. The van der Waals surface area contributed by atoms with Gasteiger partial charge in [0.1, 0.15) is 16.7 Å². The van der Waals surface area contributed by atoms with Crippen molar-refractivity contribution in [2.75, 3.05) is 6.54 Å². The molecule has 0 aliphatic rings. The SMILES string of the molecule is CCCNCc1ccn(-c2c(Cl)cc(Cl)c3nsnc23)n1. The lowest BCUT2D eigenvalue weighted by atomic mass is 10.2. The fraction of sp³-hybridized carbons (Fsp3) is 0.308. The van der Waals surface area contributed by atoms with Crippen LogP contribution in [0.4, 0.5) is 0 Å². The Bertz CT molecular complexity index is 767. The second-order valence-electron chi connectivity index (χ2n) is 4.58. The Morgan fingerprint density at radius 1 is 1.24 bits per heavy atom. The van der Waals surface area contributed by atoms with Crippen molar-refractivity contribution in [1.82, 2.24) is 23.8 Å². The van der Waals surface area contributed by atoms with Crippen molar-refractivity contribution in [3.05, 3.63) is 34.1 Å². The van der Waals surface area contributed by atoms with E-state index in [2.05, 4.69) is 26.1 Å². The summed E-state index contributed by atoms with van der Waals surface area (Å²) in [7, 11) is 0. The molecule has 0 radical (unpaired) electrons. The van der Waals surface area contributed by atoms with Gasteiger partial charge >= 0.3 is 0 Å². The smallest absolute Gasteiger partial charge is 0.133 e. The molecule has 1 N–H and O–H groups in total. The number of nitrogens with one attached hydrogen (secondary N) is 1. The molecule has 0 aliphatic carbocycles. The maximum Gasteiger partial charge on any atom is 0.133 e. The lowest BCUT2D eigenvalue weighted by Crippen LogP contribution is -2.14. The first-order valence-electron chi connectivity index (χ1n) is 6.56. The molecule has 1 aromatic carbocycles. The summed E-state index contributed by atoms with van der Waals surface area (Å²) in [6.45, 7) is 3.82. The summed E-state index contributed by atoms with van der Waals surface area (Å²) in [6.07, 6.45) is 2.96. The van der Waals surface area contributed by atoms with Crippen molar-refractivity contribution in [1.29, 1.82) is 0 Å². The number of fused-ring (bicyclic) bond motifs is 1. The zero-order valence-electron chi connectivity index (χ0n) is 11.3. The van der Waals surface area contributed by atoms with Crippen LogP contribution in [0.15, 0.2) is 18.3 Å². The number of halogens is 2. The zero-order chi connectivity index (χ0) is 14.8. The average Bonchev–Trinajstić information content (AvgIpc) is 3.09. The predicted molar refractivity (Wildman–Crippen MR) is 86.6 cm³/mol. The van der Waals surface area contributed by atoms with Gasteiger partial charge in [-0.3, -0.25) is 0 Å². The van der Waals surface area contributed by atoms with Crippen LogP contribution in [0, 0.1) is 0 Å². The van der Waals surface area contributed by atoms with Gasteiger partial charge < -0.3 is 5.32 Å². The van der Waals surface area contributed by atoms with E-state index in [1.807, 2.05) is 12.3 Å². The minimum atomic E-state index is 0.504. The van der Waals surface area contributed by atoms with E-state index in [-0.39, 0.29) is 0 Å². The molecular formula is C13H13Cl2N5S. The molecule has 5 nitrogen and oxygen atoms in total. The molecule has 3 rings (SSSR count). The number of rotatable bonds is 5. The molecule has 0 aliphatic heterocycles. The van der Waals surface area contributed by atoms with Crippen LogP contribution >= 0.6 is 34.9 Å². The van der Waals surface area contributed by atoms with Crippen molar-refractivity contribution < 1.29 is 0 Å². The van der Waals surface area contributed by atoms with Crippen LogP contribution in [-0.4, -0.2) is 25.1 Å². The lowest BCUT2D eigenvalue weighted by Gasteiger charge is -2.06. The van der Waals surface area contributed by atoms with Crippen molar-refractivity contribution in [3.63, 3.8) is 0 Å². The Kier molecular flexibility index (Phi) is 4.40. The van der Waals surface area contributed by atoms with E-state index in [1.165, 1.54) is 0 Å². The fourth-order valence-electron chi connectivity index (χ4n) is 2.05. The standard InChI is InChI=1S/C13H13Cl2N5S/c1-2-4-16-7-8-3-5-20(17-8)13-10(15)6-9(14)11-12(13)19-21-18-11/h3,5-6,16H,2,4,7H2,1H3. The van der Waals surface area contributed by atoms with Crippen LogP contribution in [0.2, 0.25) is 10.0 Å². The number of hydrogen-bond acceptors (Lipinski definition) is 5. The minimum Gasteiger partial charge on any atom is -0.311 e. The molecule has 3 aromatic rings. The molecule has 110 valence electrons. The lowest BCUT2D eigenvalue weighted by molar-refractivity contribution is 0.657. The first-order valence-corrected chi connectivity index (χ1v) is 8.05. The Labute approximate surface area is 136 Å². The molecule has 0 unspecified atom stereocenters. The summed E-state index contributed by atoms with van der Waals surface area (Å²) in [6, 6.07) is 3.64. The van der Waals surface area contributed by atoms with Gasteiger partial charge in [0.2, 0.25) is 0 Å². The normalized spacial score (nSPS) is 11.4. The summed E-state index contributed by atoms with van der Waals surface area (Å²) in [5, 5.41) is 8.87. The van der Waals surface area contributed by atoms with Gasteiger partial charge in [-0.2, -0.15) is 13.8 Å². The summed E-state index contributed by atoms with van der Waals surface area (Å²) in [4.78, 5) is 0. The fourth-order valence-corrected chi connectivity index (χ4v) is 3.25. The minimum absolute atomic E-state index is 0.504. The predicted octanol–water partition coefficient (Wildman–Crippen LogP) is 3.68. The van der Waals surface area contributed by atoms with Crippen LogP contribution < -0.4 is 5.32 Å². The Hall–Kier alpha value is -1.21. The van der Waals surface area contributed by atoms with Crippen molar-refractivity contribution in [2.45, 2.75) is 19.9 Å². The van der Waals surface area contributed by atoms with Crippen LogP contribution in [0.3, 0.4) is 0 Å². The Morgan fingerprint density at radius 2 is 2.05 bits per heavy atom. The topological polar surface area (TPSA) is 55.6 Å². The van der Waals surface area contributed by atoms with Gasteiger partial charge in [-0.15, -0.1) is 0 Å². The second kappa shape index (κ2) is 6.27. The molecule has 0 saturated carbocycles. The second-order valence-corrected chi connectivity index (χ2v) is 5.92. The van der Waals surface area contributed by atoms with Gasteiger partial charge in [-0.1, -0.05) is 30.1 Å². The van der Waals surface area contributed by atoms with Crippen LogP contribution in [0.5, 0.6) is 0 Å². The summed E-state index contributed by atoms with van der Waals surface area (Å²) in [5.41, 5.74) is 2.99. The van der Waals surface area contributed by atoms with E-state index in [1.54, 1.807) is 10.7 Å². The molecule has 2 heterocycles. The van der Waals surface area contributed by atoms with Crippen LogP contribution in [0.25, 0.3) is 16.7 Å². The number of nitrogens with zero attached hydrogens (tertiary/aromatic N) is 4. The molecule has 0 bridgehead atoms. The van der Waals surface area contributed by atoms with E-state index >= 15 is 0 Å². The Balaban J connectivity index is 1.99. The maximum atomic E-state index is 6.31. The summed E-state index contributed by atoms with van der Waals surface area (Å²) < 4.78 is 10.2. The molecule has 21 heavy (non-hydrogen) atoms. The third kappa shape index (κ3) is 2.89. The van der Waals surface area contributed by atoms with E-state index in [9.17, 15) is 0 Å². The highest BCUT2D eigenvalue weighted by Crippen LogP contribution is 2.33. The van der Waals surface area contributed by atoms with Gasteiger partial charge in [0.25, 0.3) is 0 Å². The van der Waals surface area contributed by atoms with Gasteiger partial charge in [0, 0.05) is 12.7 Å². The highest BCUT2D eigenvalue weighted by Gasteiger charge is 2.16. The summed E-state index contributed by atoms with van der Waals surface area (Å²) >= 11 is 13.6. The monoisotopic (exact) mass is 341 g/mol. The van der Waals surface area contributed by atoms with E-state index < -0.39 is 0 Å². The van der Waals surface area contributed by atoms with Crippen molar-refractivity contribution >= 4 is 46.0 Å². The largest absolute Gasteiger partial charge is 0.311 e. The van der Waals surface area contributed by atoms with E-state index in [4.69, 9.17) is 23.2 Å². The van der Waals surface area contributed by atoms with Gasteiger partial charge in [-0.05, 0) is 25.1 Å². The van der Waals surface area contributed by atoms with Crippen molar-refractivity contribution in [2.24, 2.45) is 0 Å². The molecule has 0 saturated heterocycles. The molecule has 0 spiro atoms. The van der Waals surface area contributed by atoms with Gasteiger partial charge in [0.15, 0.2) is 0 Å². The molecule has 0 fully saturated rings. The number of hydrogen-bond donors (Lipinski definition) is 1. The molecular weight excluding hydrogens is 329 g/mol. The van der Waals surface area contributed by atoms with Gasteiger partial charge in [0.05, 0.1) is 27.5 Å². The van der Waals surface area contributed by atoms with Crippen LogP contribution in [-0.2, 0) is 6.54 Å². The zero-order valence-corrected chi connectivity index (χ0v) is 13.6.